The highest BCUT2D eigenvalue weighted by Crippen LogP contribution is 2.32. The standard InChI is InChI=1S/C16H20ClNO2/c1-10(17)14(19)12-5-6-13-11(9-12)7-8-18(13)15(20)16(2,3)4/h5-6,9-10H,7-8H2,1-4H3. The molecule has 0 saturated heterocycles. The molecule has 0 spiro atoms. The Labute approximate surface area is 124 Å². The third kappa shape index (κ3) is 2.73. The number of amides is 1. The van der Waals surface area contributed by atoms with Gasteiger partial charge in [0.2, 0.25) is 5.91 Å². The molecule has 0 aromatic heterocycles. The Morgan fingerprint density at radius 1 is 1.30 bits per heavy atom. The molecule has 1 aromatic rings. The van der Waals surface area contributed by atoms with E-state index in [0.717, 1.165) is 17.7 Å². The number of benzene rings is 1. The zero-order valence-corrected chi connectivity index (χ0v) is 13.1. The first-order valence-electron chi connectivity index (χ1n) is 6.85. The number of carbonyl (C=O) groups excluding carboxylic acids is 2. The highest BCUT2D eigenvalue weighted by molar-refractivity contribution is 6.33. The predicted octanol–water partition coefficient (Wildman–Crippen LogP) is 3.43. The molecule has 4 heteroatoms. The molecular formula is C16H20ClNO2. The molecule has 108 valence electrons. The number of fused-ring (bicyclic) bond motifs is 1. The van der Waals surface area contributed by atoms with E-state index in [4.69, 9.17) is 11.6 Å². The van der Waals surface area contributed by atoms with E-state index in [0.29, 0.717) is 12.1 Å². The van der Waals surface area contributed by atoms with Crippen LogP contribution in [-0.2, 0) is 11.2 Å². The van der Waals surface area contributed by atoms with Gasteiger partial charge in [0.15, 0.2) is 5.78 Å². The molecule has 0 N–H and O–H groups in total. The third-order valence-corrected chi connectivity index (χ3v) is 3.71. The van der Waals surface area contributed by atoms with E-state index in [1.807, 2.05) is 37.8 Å². The van der Waals surface area contributed by atoms with Crippen molar-refractivity contribution < 1.29 is 9.59 Å². The lowest BCUT2D eigenvalue weighted by atomic mass is 9.94. The molecule has 1 unspecified atom stereocenters. The van der Waals surface area contributed by atoms with Crippen LogP contribution in [0.5, 0.6) is 0 Å². The van der Waals surface area contributed by atoms with E-state index < -0.39 is 10.8 Å². The van der Waals surface area contributed by atoms with Crippen LogP contribution in [-0.4, -0.2) is 23.6 Å². The third-order valence-electron chi connectivity index (χ3n) is 3.51. The summed E-state index contributed by atoms with van der Waals surface area (Å²) in [4.78, 5) is 26.1. The van der Waals surface area contributed by atoms with E-state index in [1.165, 1.54) is 0 Å². The van der Waals surface area contributed by atoms with Crippen molar-refractivity contribution in [2.24, 2.45) is 5.41 Å². The van der Waals surface area contributed by atoms with Gasteiger partial charge in [0.05, 0.1) is 5.38 Å². The molecule has 1 atom stereocenters. The minimum atomic E-state index is -0.526. The Bertz CT molecular complexity index is 558. The second kappa shape index (κ2) is 5.21. The van der Waals surface area contributed by atoms with Crippen molar-refractivity contribution in [1.82, 2.24) is 0 Å². The van der Waals surface area contributed by atoms with Crippen molar-refractivity contribution >= 4 is 29.0 Å². The van der Waals surface area contributed by atoms with Crippen molar-refractivity contribution in [2.45, 2.75) is 39.5 Å². The maximum absolute atomic E-state index is 12.4. The smallest absolute Gasteiger partial charge is 0.232 e. The minimum Gasteiger partial charge on any atom is -0.311 e. The molecule has 20 heavy (non-hydrogen) atoms. The molecule has 2 rings (SSSR count). The second-order valence-electron chi connectivity index (χ2n) is 6.28. The number of carbonyl (C=O) groups is 2. The summed E-state index contributed by atoms with van der Waals surface area (Å²) in [5, 5.41) is -0.526. The van der Waals surface area contributed by atoms with Gasteiger partial charge in [-0.2, -0.15) is 0 Å². The van der Waals surface area contributed by atoms with Crippen LogP contribution in [0.25, 0.3) is 0 Å². The Morgan fingerprint density at radius 2 is 1.95 bits per heavy atom. The summed E-state index contributed by atoms with van der Waals surface area (Å²) in [6, 6.07) is 5.49. The van der Waals surface area contributed by atoms with Crippen molar-refractivity contribution in [2.75, 3.05) is 11.4 Å². The molecule has 0 radical (unpaired) electrons. The van der Waals surface area contributed by atoms with Crippen molar-refractivity contribution in [1.29, 1.82) is 0 Å². The topological polar surface area (TPSA) is 37.4 Å². The summed E-state index contributed by atoms with van der Waals surface area (Å²) in [5.74, 6) is 0.0381. The number of hydrogen-bond donors (Lipinski definition) is 0. The number of hydrogen-bond acceptors (Lipinski definition) is 2. The van der Waals surface area contributed by atoms with Gasteiger partial charge >= 0.3 is 0 Å². The molecule has 0 aliphatic carbocycles. The predicted molar refractivity (Wildman–Crippen MR) is 81.6 cm³/mol. The normalized spacial score (nSPS) is 15.9. The lowest BCUT2D eigenvalue weighted by molar-refractivity contribution is -0.125. The van der Waals surface area contributed by atoms with E-state index >= 15 is 0 Å². The minimum absolute atomic E-state index is 0.0740. The first kappa shape index (κ1) is 15.0. The zero-order valence-electron chi connectivity index (χ0n) is 12.4. The summed E-state index contributed by atoms with van der Waals surface area (Å²) in [7, 11) is 0. The van der Waals surface area contributed by atoms with Crippen LogP contribution in [0.1, 0.15) is 43.6 Å². The van der Waals surface area contributed by atoms with E-state index in [9.17, 15) is 9.59 Å². The maximum Gasteiger partial charge on any atom is 0.232 e. The SMILES string of the molecule is CC(Cl)C(=O)c1ccc2c(c1)CCN2C(=O)C(C)(C)C. The van der Waals surface area contributed by atoms with Crippen LogP contribution in [0.3, 0.4) is 0 Å². The van der Waals surface area contributed by atoms with E-state index in [2.05, 4.69) is 0 Å². The summed E-state index contributed by atoms with van der Waals surface area (Å²) < 4.78 is 0. The highest BCUT2D eigenvalue weighted by Gasteiger charge is 2.32. The van der Waals surface area contributed by atoms with Crippen LogP contribution in [0, 0.1) is 5.41 Å². The molecular weight excluding hydrogens is 274 g/mol. The van der Waals surface area contributed by atoms with Crippen molar-refractivity contribution in [3.05, 3.63) is 29.3 Å². The molecule has 1 aliphatic heterocycles. The van der Waals surface area contributed by atoms with E-state index in [1.54, 1.807) is 13.0 Å². The highest BCUT2D eigenvalue weighted by atomic mass is 35.5. The Hall–Kier alpha value is -1.35. The molecule has 3 nitrogen and oxygen atoms in total. The summed E-state index contributed by atoms with van der Waals surface area (Å²) >= 11 is 5.84. The van der Waals surface area contributed by atoms with Gasteiger partial charge in [-0.25, -0.2) is 0 Å². The molecule has 0 fully saturated rings. The number of alkyl halides is 1. The lowest BCUT2D eigenvalue weighted by Gasteiger charge is -2.26. The first-order valence-corrected chi connectivity index (χ1v) is 7.28. The Kier molecular flexibility index (Phi) is 3.92. The van der Waals surface area contributed by atoms with Gasteiger partial charge in [0.25, 0.3) is 0 Å². The van der Waals surface area contributed by atoms with Crippen molar-refractivity contribution in [3.63, 3.8) is 0 Å². The summed E-state index contributed by atoms with van der Waals surface area (Å²) in [6.07, 6.45) is 0.787. The van der Waals surface area contributed by atoms with Gasteiger partial charge in [0, 0.05) is 23.2 Å². The first-order chi connectivity index (χ1) is 9.21. The molecule has 1 heterocycles. The molecule has 1 aliphatic rings. The molecule has 0 saturated carbocycles. The number of nitrogens with zero attached hydrogens (tertiary/aromatic N) is 1. The lowest BCUT2D eigenvalue weighted by Crippen LogP contribution is -2.38. The zero-order chi connectivity index (χ0) is 15.1. The van der Waals surface area contributed by atoms with E-state index in [-0.39, 0.29) is 11.7 Å². The fourth-order valence-corrected chi connectivity index (χ4v) is 2.53. The largest absolute Gasteiger partial charge is 0.311 e. The van der Waals surface area contributed by atoms with Gasteiger partial charge in [-0.05, 0) is 37.1 Å². The second-order valence-corrected chi connectivity index (χ2v) is 6.94. The maximum atomic E-state index is 12.4. The number of halogens is 1. The molecule has 0 bridgehead atoms. The van der Waals surface area contributed by atoms with Crippen LogP contribution in [0.4, 0.5) is 5.69 Å². The number of rotatable bonds is 2. The quantitative estimate of drug-likeness (QED) is 0.619. The number of Topliss-reactive ketones (excluding diaryl/α,β-unsaturated/α-hetero) is 1. The summed E-state index contributed by atoms with van der Waals surface area (Å²) in [6.45, 7) is 8.10. The van der Waals surface area contributed by atoms with Crippen LogP contribution in [0.15, 0.2) is 18.2 Å². The van der Waals surface area contributed by atoms with Crippen LogP contribution >= 0.6 is 11.6 Å². The Morgan fingerprint density at radius 3 is 2.50 bits per heavy atom. The van der Waals surface area contributed by atoms with Crippen LogP contribution in [0.2, 0.25) is 0 Å². The Balaban J connectivity index is 2.32. The average molecular weight is 294 g/mol. The average Bonchev–Trinajstić information content (AvgIpc) is 2.78. The van der Waals surface area contributed by atoms with Crippen molar-refractivity contribution in [3.8, 4) is 0 Å². The van der Waals surface area contributed by atoms with Gasteiger partial charge < -0.3 is 4.90 Å². The van der Waals surface area contributed by atoms with Crippen LogP contribution < -0.4 is 4.90 Å². The summed E-state index contributed by atoms with van der Waals surface area (Å²) in [5.41, 5.74) is 2.19. The van der Waals surface area contributed by atoms with Gasteiger partial charge in [-0.15, -0.1) is 11.6 Å². The number of ketones is 1. The van der Waals surface area contributed by atoms with Gasteiger partial charge in [-0.1, -0.05) is 20.8 Å². The number of anilines is 1. The molecule has 1 amide bonds. The van der Waals surface area contributed by atoms with Gasteiger partial charge in [-0.3, -0.25) is 9.59 Å². The fraction of sp³-hybridized carbons (Fsp3) is 0.500. The monoisotopic (exact) mass is 293 g/mol. The van der Waals surface area contributed by atoms with Gasteiger partial charge in [0.1, 0.15) is 0 Å². The fourth-order valence-electron chi connectivity index (χ4n) is 2.40. The molecule has 1 aromatic carbocycles.